The standard InChI is InChI=1S/C13H19N3/c1-14-13(15-2)16-12-8-11(9-12)10-6-4-3-5-7-10/h3-7,11-12H,8-9H2,1-2H3,(H2,14,15,16). The van der Waals surface area contributed by atoms with Crippen LogP contribution in [0, 0.1) is 0 Å². The maximum atomic E-state index is 4.12. The summed E-state index contributed by atoms with van der Waals surface area (Å²) >= 11 is 0. The van der Waals surface area contributed by atoms with E-state index < -0.39 is 0 Å². The maximum absolute atomic E-state index is 4.12. The fourth-order valence-electron chi connectivity index (χ4n) is 2.17. The van der Waals surface area contributed by atoms with Crippen molar-refractivity contribution in [3.05, 3.63) is 35.9 Å². The molecule has 0 saturated heterocycles. The van der Waals surface area contributed by atoms with Gasteiger partial charge in [-0.25, -0.2) is 0 Å². The van der Waals surface area contributed by atoms with Gasteiger partial charge in [-0.15, -0.1) is 0 Å². The minimum atomic E-state index is 0.566. The van der Waals surface area contributed by atoms with Gasteiger partial charge in [0.2, 0.25) is 0 Å². The van der Waals surface area contributed by atoms with Crippen molar-refractivity contribution in [2.75, 3.05) is 14.1 Å². The van der Waals surface area contributed by atoms with Gasteiger partial charge < -0.3 is 10.6 Å². The number of nitrogens with zero attached hydrogens (tertiary/aromatic N) is 1. The van der Waals surface area contributed by atoms with Gasteiger partial charge in [0.05, 0.1) is 0 Å². The smallest absolute Gasteiger partial charge is 0.190 e. The minimum Gasteiger partial charge on any atom is -0.359 e. The number of rotatable bonds is 2. The summed E-state index contributed by atoms with van der Waals surface area (Å²) in [4.78, 5) is 4.12. The van der Waals surface area contributed by atoms with Gasteiger partial charge in [0.25, 0.3) is 0 Å². The van der Waals surface area contributed by atoms with Gasteiger partial charge in [-0.05, 0) is 24.3 Å². The van der Waals surface area contributed by atoms with Crippen molar-refractivity contribution < 1.29 is 0 Å². The van der Waals surface area contributed by atoms with Crippen molar-refractivity contribution in [2.45, 2.75) is 24.8 Å². The van der Waals surface area contributed by atoms with E-state index in [1.165, 1.54) is 18.4 Å². The van der Waals surface area contributed by atoms with E-state index in [9.17, 15) is 0 Å². The molecule has 16 heavy (non-hydrogen) atoms. The molecule has 1 saturated carbocycles. The van der Waals surface area contributed by atoms with Crippen molar-refractivity contribution in [3.63, 3.8) is 0 Å². The molecule has 1 aromatic rings. The van der Waals surface area contributed by atoms with Crippen LogP contribution in [-0.4, -0.2) is 26.1 Å². The number of hydrogen-bond donors (Lipinski definition) is 2. The highest BCUT2D eigenvalue weighted by Crippen LogP contribution is 2.36. The summed E-state index contributed by atoms with van der Waals surface area (Å²) in [6.07, 6.45) is 2.40. The SMILES string of the molecule is CN=C(NC)NC1CC(c2ccccc2)C1. The number of benzene rings is 1. The first-order chi connectivity index (χ1) is 7.83. The predicted molar refractivity (Wildman–Crippen MR) is 67.8 cm³/mol. The molecule has 0 spiro atoms. The van der Waals surface area contributed by atoms with Gasteiger partial charge in [-0.1, -0.05) is 30.3 Å². The molecule has 0 heterocycles. The molecule has 1 aromatic carbocycles. The maximum Gasteiger partial charge on any atom is 0.190 e. The van der Waals surface area contributed by atoms with Crippen LogP contribution < -0.4 is 10.6 Å². The van der Waals surface area contributed by atoms with Crippen molar-refractivity contribution in [2.24, 2.45) is 4.99 Å². The van der Waals surface area contributed by atoms with Crippen LogP contribution in [0.1, 0.15) is 24.3 Å². The lowest BCUT2D eigenvalue weighted by atomic mass is 9.76. The lowest BCUT2D eigenvalue weighted by Crippen LogP contribution is -2.47. The van der Waals surface area contributed by atoms with E-state index in [1.54, 1.807) is 7.05 Å². The highest BCUT2D eigenvalue weighted by molar-refractivity contribution is 5.79. The van der Waals surface area contributed by atoms with E-state index in [4.69, 9.17) is 0 Å². The molecule has 0 radical (unpaired) electrons. The summed E-state index contributed by atoms with van der Waals surface area (Å²) in [6, 6.07) is 11.3. The van der Waals surface area contributed by atoms with E-state index >= 15 is 0 Å². The largest absolute Gasteiger partial charge is 0.359 e. The lowest BCUT2D eigenvalue weighted by Gasteiger charge is -2.36. The summed E-state index contributed by atoms with van der Waals surface area (Å²) in [5.41, 5.74) is 1.46. The van der Waals surface area contributed by atoms with E-state index in [2.05, 4.69) is 46.0 Å². The monoisotopic (exact) mass is 217 g/mol. The van der Waals surface area contributed by atoms with E-state index in [1.807, 2.05) is 7.05 Å². The molecule has 1 aliphatic carbocycles. The average molecular weight is 217 g/mol. The third kappa shape index (κ3) is 2.35. The number of guanidine groups is 1. The topological polar surface area (TPSA) is 36.4 Å². The van der Waals surface area contributed by atoms with Gasteiger partial charge in [-0.3, -0.25) is 4.99 Å². The summed E-state index contributed by atoms with van der Waals surface area (Å²) in [5, 5.41) is 6.44. The van der Waals surface area contributed by atoms with E-state index in [0.717, 1.165) is 5.96 Å². The Morgan fingerprint density at radius 1 is 1.25 bits per heavy atom. The van der Waals surface area contributed by atoms with Crippen LogP contribution in [-0.2, 0) is 0 Å². The molecule has 0 aliphatic heterocycles. The summed E-state index contributed by atoms with van der Waals surface area (Å²) in [7, 11) is 3.69. The molecular weight excluding hydrogens is 198 g/mol. The van der Waals surface area contributed by atoms with Crippen LogP contribution >= 0.6 is 0 Å². The molecular formula is C13H19N3. The zero-order valence-corrected chi connectivity index (χ0v) is 9.90. The molecule has 3 nitrogen and oxygen atoms in total. The van der Waals surface area contributed by atoms with Crippen LogP contribution in [0.3, 0.4) is 0 Å². The highest BCUT2D eigenvalue weighted by Gasteiger charge is 2.30. The molecule has 0 atom stereocenters. The van der Waals surface area contributed by atoms with Gasteiger partial charge in [0, 0.05) is 20.1 Å². The molecule has 86 valence electrons. The van der Waals surface area contributed by atoms with Gasteiger partial charge >= 0.3 is 0 Å². The van der Waals surface area contributed by atoms with Crippen LogP contribution in [0.25, 0.3) is 0 Å². The summed E-state index contributed by atoms with van der Waals surface area (Å²) < 4.78 is 0. The normalized spacial score (nSPS) is 24.8. The first-order valence-electron chi connectivity index (χ1n) is 5.79. The molecule has 0 bridgehead atoms. The zero-order valence-electron chi connectivity index (χ0n) is 9.90. The Morgan fingerprint density at radius 3 is 2.50 bits per heavy atom. The van der Waals surface area contributed by atoms with Gasteiger partial charge in [0.15, 0.2) is 5.96 Å². The van der Waals surface area contributed by atoms with Crippen molar-refractivity contribution >= 4 is 5.96 Å². The fraction of sp³-hybridized carbons (Fsp3) is 0.462. The van der Waals surface area contributed by atoms with Crippen LogP contribution in [0.2, 0.25) is 0 Å². The Balaban J connectivity index is 1.82. The minimum absolute atomic E-state index is 0.566. The molecule has 0 aromatic heterocycles. The van der Waals surface area contributed by atoms with Crippen LogP contribution in [0.5, 0.6) is 0 Å². The Bertz CT molecular complexity index is 353. The third-order valence-corrected chi connectivity index (χ3v) is 3.21. The van der Waals surface area contributed by atoms with Crippen LogP contribution in [0.15, 0.2) is 35.3 Å². The predicted octanol–water partition coefficient (Wildman–Crippen LogP) is 1.73. The van der Waals surface area contributed by atoms with Crippen molar-refractivity contribution in [1.29, 1.82) is 0 Å². The molecule has 2 rings (SSSR count). The Hall–Kier alpha value is -1.51. The Kier molecular flexibility index (Phi) is 3.44. The van der Waals surface area contributed by atoms with Gasteiger partial charge in [-0.2, -0.15) is 0 Å². The second-order valence-electron chi connectivity index (χ2n) is 4.24. The number of aliphatic imine (C=N–C) groups is 1. The second-order valence-corrected chi connectivity index (χ2v) is 4.24. The number of nitrogens with one attached hydrogen (secondary N) is 2. The molecule has 1 aliphatic rings. The van der Waals surface area contributed by atoms with Gasteiger partial charge in [0.1, 0.15) is 0 Å². The first kappa shape index (κ1) is 11.0. The van der Waals surface area contributed by atoms with Crippen LogP contribution in [0.4, 0.5) is 0 Å². The van der Waals surface area contributed by atoms with E-state index in [-0.39, 0.29) is 0 Å². The Morgan fingerprint density at radius 2 is 1.94 bits per heavy atom. The molecule has 3 heteroatoms. The fourth-order valence-corrected chi connectivity index (χ4v) is 2.17. The third-order valence-electron chi connectivity index (χ3n) is 3.21. The quantitative estimate of drug-likeness (QED) is 0.584. The van der Waals surface area contributed by atoms with Crippen molar-refractivity contribution in [1.82, 2.24) is 10.6 Å². The number of hydrogen-bond acceptors (Lipinski definition) is 1. The van der Waals surface area contributed by atoms with Crippen molar-refractivity contribution in [3.8, 4) is 0 Å². The summed E-state index contributed by atoms with van der Waals surface area (Å²) in [5.74, 6) is 1.60. The highest BCUT2D eigenvalue weighted by atomic mass is 15.2. The summed E-state index contributed by atoms with van der Waals surface area (Å²) in [6.45, 7) is 0. The second kappa shape index (κ2) is 5.01. The average Bonchev–Trinajstić information content (AvgIpc) is 2.29. The zero-order chi connectivity index (χ0) is 11.4. The van der Waals surface area contributed by atoms with E-state index in [0.29, 0.717) is 12.0 Å². The lowest BCUT2D eigenvalue weighted by molar-refractivity contribution is 0.322. The molecule has 2 N–H and O–H groups in total. The Labute approximate surface area is 97.0 Å². The molecule has 0 amide bonds. The molecule has 1 fully saturated rings. The first-order valence-corrected chi connectivity index (χ1v) is 5.79. The molecule has 0 unspecified atom stereocenters.